The predicted molar refractivity (Wildman–Crippen MR) is 94.8 cm³/mol. The Bertz CT molecular complexity index is 831. The molecule has 0 aliphatic heterocycles. The summed E-state index contributed by atoms with van der Waals surface area (Å²) in [4.78, 5) is 16.5. The number of para-hydroxylation sites is 1. The molecule has 1 atom stereocenters. The van der Waals surface area contributed by atoms with Gasteiger partial charge in [0, 0.05) is 13.2 Å². The van der Waals surface area contributed by atoms with Crippen molar-refractivity contribution in [1.82, 2.24) is 20.1 Å². The van der Waals surface area contributed by atoms with Crippen molar-refractivity contribution >= 4 is 5.91 Å². The van der Waals surface area contributed by atoms with E-state index in [4.69, 9.17) is 4.74 Å². The number of nitrogens with zero attached hydrogens (tertiary/aromatic N) is 3. The molecular formula is C19H20N4O2. The molecule has 25 heavy (non-hydrogen) atoms. The molecule has 1 N–H and O–H groups in total. The van der Waals surface area contributed by atoms with Crippen molar-refractivity contribution in [2.45, 2.75) is 19.6 Å². The van der Waals surface area contributed by atoms with Gasteiger partial charge < -0.3 is 10.1 Å². The fourth-order valence-electron chi connectivity index (χ4n) is 2.39. The molecule has 1 aromatic carbocycles. The Kier molecular flexibility index (Phi) is 5.09. The second kappa shape index (κ2) is 7.61. The molecule has 0 aliphatic rings. The normalized spacial score (nSPS) is 11.8. The number of aromatic nitrogens is 3. The average molecular weight is 336 g/mol. The zero-order valence-electron chi connectivity index (χ0n) is 14.2. The van der Waals surface area contributed by atoms with Crippen molar-refractivity contribution in [3.8, 4) is 17.1 Å². The van der Waals surface area contributed by atoms with Crippen LogP contribution in [0.5, 0.6) is 5.75 Å². The van der Waals surface area contributed by atoms with Crippen molar-refractivity contribution in [1.29, 1.82) is 0 Å². The zero-order valence-corrected chi connectivity index (χ0v) is 14.2. The first kappa shape index (κ1) is 16.7. The minimum absolute atomic E-state index is 0.176. The lowest BCUT2D eigenvalue weighted by atomic mass is 10.2. The molecule has 0 spiro atoms. The molecule has 0 fully saturated rings. The third-order valence-electron chi connectivity index (χ3n) is 3.77. The topological polar surface area (TPSA) is 69.0 Å². The maximum atomic E-state index is 12.2. The molecule has 0 saturated heterocycles. The number of hydrogen-bond acceptors (Lipinski definition) is 4. The van der Waals surface area contributed by atoms with E-state index in [0.29, 0.717) is 12.3 Å². The summed E-state index contributed by atoms with van der Waals surface area (Å²) in [5, 5.41) is 7.32. The molecule has 128 valence electrons. The SMILES string of the molecule is CC(Oc1ccccc1)C(=O)NCc1cc(-c2ccccn2)nn1C. The van der Waals surface area contributed by atoms with Crippen LogP contribution in [0, 0.1) is 0 Å². The molecule has 6 heteroatoms. The number of amides is 1. The van der Waals surface area contributed by atoms with Gasteiger partial charge in [0.2, 0.25) is 0 Å². The lowest BCUT2D eigenvalue weighted by Crippen LogP contribution is -2.36. The van der Waals surface area contributed by atoms with Crippen molar-refractivity contribution in [3.05, 3.63) is 66.5 Å². The van der Waals surface area contributed by atoms with E-state index in [1.165, 1.54) is 0 Å². The number of carbonyl (C=O) groups is 1. The summed E-state index contributed by atoms with van der Waals surface area (Å²) in [6, 6.07) is 16.9. The van der Waals surface area contributed by atoms with Gasteiger partial charge in [0.25, 0.3) is 5.91 Å². The monoisotopic (exact) mass is 336 g/mol. The first-order valence-electron chi connectivity index (χ1n) is 8.07. The van der Waals surface area contributed by atoms with Crippen LogP contribution >= 0.6 is 0 Å². The molecule has 0 bridgehead atoms. The zero-order chi connectivity index (χ0) is 17.6. The highest BCUT2D eigenvalue weighted by Crippen LogP contribution is 2.16. The summed E-state index contributed by atoms with van der Waals surface area (Å²) in [7, 11) is 1.85. The summed E-state index contributed by atoms with van der Waals surface area (Å²) in [6.45, 7) is 2.10. The fourth-order valence-corrected chi connectivity index (χ4v) is 2.39. The van der Waals surface area contributed by atoms with Crippen LogP contribution in [0.4, 0.5) is 0 Å². The second-order valence-electron chi connectivity index (χ2n) is 5.65. The summed E-state index contributed by atoms with van der Waals surface area (Å²) in [6.07, 6.45) is 1.15. The van der Waals surface area contributed by atoms with Gasteiger partial charge in [-0.25, -0.2) is 0 Å². The number of benzene rings is 1. The Hall–Kier alpha value is -3.15. The van der Waals surface area contributed by atoms with Crippen molar-refractivity contribution in [2.24, 2.45) is 7.05 Å². The molecular weight excluding hydrogens is 316 g/mol. The molecule has 0 aliphatic carbocycles. The number of carbonyl (C=O) groups excluding carboxylic acids is 1. The van der Waals surface area contributed by atoms with Crippen molar-refractivity contribution in [2.75, 3.05) is 0 Å². The molecule has 1 amide bonds. The highest BCUT2D eigenvalue weighted by Gasteiger charge is 2.15. The molecule has 0 saturated carbocycles. The van der Waals surface area contributed by atoms with E-state index in [2.05, 4.69) is 15.4 Å². The molecule has 0 radical (unpaired) electrons. The van der Waals surface area contributed by atoms with Crippen LogP contribution in [0.1, 0.15) is 12.6 Å². The van der Waals surface area contributed by atoms with Crippen LogP contribution in [0.25, 0.3) is 11.4 Å². The summed E-state index contributed by atoms with van der Waals surface area (Å²) >= 11 is 0. The predicted octanol–water partition coefficient (Wildman–Crippen LogP) is 2.57. The Labute approximate surface area is 146 Å². The third kappa shape index (κ3) is 4.23. The lowest BCUT2D eigenvalue weighted by Gasteiger charge is -2.14. The Balaban J connectivity index is 1.60. The summed E-state index contributed by atoms with van der Waals surface area (Å²) in [5.41, 5.74) is 2.47. The number of pyridine rings is 1. The number of hydrogen-bond donors (Lipinski definition) is 1. The molecule has 3 rings (SSSR count). The van der Waals surface area contributed by atoms with Crippen LogP contribution in [-0.2, 0) is 18.4 Å². The van der Waals surface area contributed by atoms with Gasteiger partial charge in [-0.1, -0.05) is 24.3 Å². The number of rotatable bonds is 6. The van der Waals surface area contributed by atoms with E-state index in [9.17, 15) is 4.79 Å². The number of ether oxygens (including phenoxy) is 1. The van der Waals surface area contributed by atoms with Gasteiger partial charge in [0.1, 0.15) is 11.4 Å². The van der Waals surface area contributed by atoms with Gasteiger partial charge in [-0.05, 0) is 37.3 Å². The van der Waals surface area contributed by atoms with Gasteiger partial charge in [0.05, 0.1) is 17.9 Å². The third-order valence-corrected chi connectivity index (χ3v) is 3.77. The van der Waals surface area contributed by atoms with Gasteiger partial charge in [-0.3, -0.25) is 14.5 Å². The number of nitrogens with one attached hydrogen (secondary N) is 1. The fraction of sp³-hybridized carbons (Fsp3) is 0.211. The average Bonchev–Trinajstić information content (AvgIpc) is 3.02. The molecule has 3 aromatic rings. The standard InChI is InChI=1S/C19H20N4O2/c1-14(25-16-8-4-3-5-9-16)19(24)21-13-15-12-18(22-23(15)2)17-10-6-7-11-20-17/h3-12,14H,13H2,1-2H3,(H,21,24). The molecule has 1 unspecified atom stereocenters. The van der Waals surface area contributed by atoms with Crippen LogP contribution in [0.15, 0.2) is 60.8 Å². The van der Waals surface area contributed by atoms with E-state index < -0.39 is 6.10 Å². The van der Waals surface area contributed by atoms with E-state index in [0.717, 1.165) is 17.1 Å². The Morgan fingerprint density at radius 2 is 1.92 bits per heavy atom. The van der Waals surface area contributed by atoms with E-state index in [-0.39, 0.29) is 5.91 Å². The first-order valence-corrected chi connectivity index (χ1v) is 8.07. The smallest absolute Gasteiger partial charge is 0.261 e. The maximum absolute atomic E-state index is 12.2. The first-order chi connectivity index (χ1) is 12.1. The van der Waals surface area contributed by atoms with Gasteiger partial charge in [0.15, 0.2) is 6.10 Å². The largest absolute Gasteiger partial charge is 0.481 e. The highest BCUT2D eigenvalue weighted by molar-refractivity contribution is 5.80. The maximum Gasteiger partial charge on any atom is 0.261 e. The van der Waals surface area contributed by atoms with E-state index >= 15 is 0 Å². The van der Waals surface area contributed by atoms with E-state index in [1.807, 2.05) is 61.6 Å². The van der Waals surface area contributed by atoms with Crippen molar-refractivity contribution in [3.63, 3.8) is 0 Å². The van der Waals surface area contributed by atoms with Crippen LogP contribution in [0.3, 0.4) is 0 Å². The summed E-state index contributed by atoms with van der Waals surface area (Å²) < 4.78 is 7.37. The van der Waals surface area contributed by atoms with Crippen LogP contribution < -0.4 is 10.1 Å². The number of aryl methyl sites for hydroxylation is 1. The molecule has 2 aromatic heterocycles. The minimum Gasteiger partial charge on any atom is -0.481 e. The summed E-state index contributed by atoms with van der Waals surface area (Å²) in [5.74, 6) is 0.493. The van der Waals surface area contributed by atoms with E-state index in [1.54, 1.807) is 17.8 Å². The quantitative estimate of drug-likeness (QED) is 0.751. The van der Waals surface area contributed by atoms with Gasteiger partial charge >= 0.3 is 0 Å². The highest BCUT2D eigenvalue weighted by atomic mass is 16.5. The minimum atomic E-state index is -0.578. The Morgan fingerprint density at radius 1 is 1.16 bits per heavy atom. The van der Waals surface area contributed by atoms with Gasteiger partial charge in [-0.2, -0.15) is 5.10 Å². The lowest BCUT2D eigenvalue weighted by molar-refractivity contribution is -0.127. The van der Waals surface area contributed by atoms with Crippen LogP contribution in [0.2, 0.25) is 0 Å². The second-order valence-corrected chi connectivity index (χ2v) is 5.65. The molecule has 6 nitrogen and oxygen atoms in total. The molecule has 2 heterocycles. The Morgan fingerprint density at radius 3 is 2.64 bits per heavy atom. The van der Waals surface area contributed by atoms with Gasteiger partial charge in [-0.15, -0.1) is 0 Å². The van der Waals surface area contributed by atoms with Crippen LogP contribution in [-0.4, -0.2) is 26.8 Å². The van der Waals surface area contributed by atoms with Crippen molar-refractivity contribution < 1.29 is 9.53 Å².